The summed E-state index contributed by atoms with van der Waals surface area (Å²) in [4.78, 5) is 20.9. The lowest BCUT2D eigenvalue weighted by atomic mass is 10.1. The Morgan fingerprint density at radius 2 is 2.05 bits per heavy atom. The maximum atomic E-state index is 12.5. The molecule has 114 valence electrons. The summed E-state index contributed by atoms with van der Waals surface area (Å²) >= 11 is 0. The summed E-state index contributed by atoms with van der Waals surface area (Å²) < 4.78 is 5.42. The molecule has 1 aromatic carbocycles. The van der Waals surface area contributed by atoms with Crippen molar-refractivity contribution >= 4 is 11.9 Å². The van der Waals surface area contributed by atoms with Gasteiger partial charge in [0.2, 0.25) is 11.7 Å². The second-order valence-corrected chi connectivity index (χ2v) is 5.92. The molecule has 22 heavy (non-hydrogen) atoms. The van der Waals surface area contributed by atoms with Crippen LogP contribution in [0.5, 0.6) is 0 Å². The van der Waals surface area contributed by atoms with E-state index in [0.29, 0.717) is 11.8 Å². The predicted molar refractivity (Wildman–Crippen MR) is 81.3 cm³/mol. The fraction of sp³-hybridized carbons (Fsp3) is 0.438. The third kappa shape index (κ3) is 2.06. The first-order valence-corrected chi connectivity index (χ1v) is 7.70. The minimum absolute atomic E-state index is 0.160. The summed E-state index contributed by atoms with van der Waals surface area (Å²) in [5.41, 5.74) is 0.913. The average Bonchev–Trinajstić information content (AvgIpc) is 3.20. The topological polar surface area (TPSA) is 62.5 Å². The highest BCUT2D eigenvalue weighted by molar-refractivity contribution is 5.86. The number of fused-ring (bicyclic) bond motifs is 1. The van der Waals surface area contributed by atoms with Crippen molar-refractivity contribution in [2.45, 2.75) is 31.8 Å². The van der Waals surface area contributed by atoms with Crippen LogP contribution in [0.15, 0.2) is 34.9 Å². The predicted octanol–water partition coefficient (Wildman–Crippen LogP) is 1.94. The number of nitrogens with zero attached hydrogens (tertiary/aromatic N) is 4. The quantitative estimate of drug-likeness (QED) is 0.848. The van der Waals surface area contributed by atoms with Gasteiger partial charge in [-0.1, -0.05) is 35.5 Å². The molecule has 0 spiro atoms. The van der Waals surface area contributed by atoms with Gasteiger partial charge in [0.15, 0.2) is 0 Å². The van der Waals surface area contributed by atoms with E-state index in [2.05, 4.69) is 10.1 Å². The lowest BCUT2D eigenvalue weighted by Gasteiger charge is -2.40. The molecule has 2 saturated heterocycles. The Labute approximate surface area is 128 Å². The van der Waals surface area contributed by atoms with Crippen molar-refractivity contribution in [1.29, 1.82) is 0 Å². The molecule has 1 aromatic heterocycles. The van der Waals surface area contributed by atoms with E-state index < -0.39 is 0 Å². The third-order valence-electron chi connectivity index (χ3n) is 4.59. The third-order valence-corrected chi connectivity index (χ3v) is 4.59. The normalized spacial score (nSPS) is 24.7. The SMILES string of the molecule is C[C@H]1C(=O)N2CCC[C@H]2CN1c1nc(-c2ccccc2)no1. The zero-order chi connectivity index (χ0) is 15.1. The fourth-order valence-electron chi connectivity index (χ4n) is 3.35. The van der Waals surface area contributed by atoms with Gasteiger partial charge in [0.1, 0.15) is 6.04 Å². The molecule has 0 bridgehead atoms. The monoisotopic (exact) mass is 298 g/mol. The highest BCUT2D eigenvalue weighted by atomic mass is 16.5. The summed E-state index contributed by atoms with van der Waals surface area (Å²) in [6.07, 6.45) is 2.13. The lowest BCUT2D eigenvalue weighted by molar-refractivity contribution is -0.135. The fourth-order valence-corrected chi connectivity index (χ4v) is 3.35. The van der Waals surface area contributed by atoms with Crippen LogP contribution in [0, 0.1) is 0 Å². The Kier molecular flexibility index (Phi) is 3.10. The van der Waals surface area contributed by atoms with Crippen LogP contribution in [0.2, 0.25) is 0 Å². The van der Waals surface area contributed by atoms with Crippen molar-refractivity contribution in [2.75, 3.05) is 18.0 Å². The van der Waals surface area contributed by atoms with Crippen molar-refractivity contribution < 1.29 is 9.32 Å². The number of carbonyl (C=O) groups is 1. The molecule has 0 N–H and O–H groups in total. The van der Waals surface area contributed by atoms with Gasteiger partial charge in [-0.15, -0.1) is 0 Å². The largest absolute Gasteiger partial charge is 0.336 e. The molecule has 2 aliphatic rings. The second kappa shape index (κ2) is 5.12. The van der Waals surface area contributed by atoms with Crippen molar-refractivity contribution in [2.24, 2.45) is 0 Å². The molecule has 0 unspecified atom stereocenters. The molecule has 6 heteroatoms. The summed E-state index contributed by atoms with van der Waals surface area (Å²) in [6.45, 7) is 3.55. The first kappa shape index (κ1) is 13.3. The highest BCUT2D eigenvalue weighted by Crippen LogP contribution is 2.29. The Hall–Kier alpha value is -2.37. The van der Waals surface area contributed by atoms with E-state index in [9.17, 15) is 4.79 Å². The van der Waals surface area contributed by atoms with Crippen molar-refractivity contribution in [3.8, 4) is 11.4 Å². The number of amides is 1. The van der Waals surface area contributed by atoms with E-state index in [1.807, 2.05) is 47.1 Å². The van der Waals surface area contributed by atoms with E-state index in [0.717, 1.165) is 31.5 Å². The number of carbonyl (C=O) groups excluding carboxylic acids is 1. The molecule has 2 aliphatic heterocycles. The molecule has 0 saturated carbocycles. The standard InChI is InChI=1S/C16H18N4O2/c1-11-15(21)19-9-5-8-13(19)10-20(11)16-17-14(18-22-16)12-6-3-2-4-7-12/h2-4,6-7,11,13H,5,8-10H2,1H3/t11-,13-/m0/s1. The second-order valence-electron chi connectivity index (χ2n) is 5.92. The molecular weight excluding hydrogens is 280 g/mol. The number of hydrogen-bond acceptors (Lipinski definition) is 5. The van der Waals surface area contributed by atoms with Gasteiger partial charge in [0.05, 0.1) is 0 Å². The molecule has 0 aliphatic carbocycles. The Morgan fingerprint density at radius 3 is 2.86 bits per heavy atom. The molecule has 4 rings (SSSR count). The maximum Gasteiger partial charge on any atom is 0.325 e. The van der Waals surface area contributed by atoms with E-state index in [4.69, 9.17) is 4.52 Å². The van der Waals surface area contributed by atoms with E-state index in [-0.39, 0.29) is 18.0 Å². The zero-order valence-electron chi connectivity index (χ0n) is 12.5. The molecule has 3 heterocycles. The number of benzene rings is 1. The van der Waals surface area contributed by atoms with Crippen LogP contribution in [0.1, 0.15) is 19.8 Å². The number of anilines is 1. The van der Waals surface area contributed by atoms with Gasteiger partial charge in [0.25, 0.3) is 0 Å². The van der Waals surface area contributed by atoms with Crippen LogP contribution in [0.25, 0.3) is 11.4 Å². The van der Waals surface area contributed by atoms with Crippen molar-refractivity contribution in [3.63, 3.8) is 0 Å². The van der Waals surface area contributed by atoms with Crippen LogP contribution in [-0.4, -0.2) is 46.1 Å². The van der Waals surface area contributed by atoms with E-state index in [1.54, 1.807) is 0 Å². The van der Waals surface area contributed by atoms with E-state index in [1.165, 1.54) is 0 Å². The number of aromatic nitrogens is 2. The molecular formula is C16H18N4O2. The summed E-state index contributed by atoms with van der Waals surface area (Å²) in [5, 5.41) is 4.05. The molecule has 2 atom stereocenters. The lowest BCUT2D eigenvalue weighted by Crippen LogP contribution is -2.58. The van der Waals surface area contributed by atoms with Gasteiger partial charge in [-0.25, -0.2) is 0 Å². The molecule has 1 amide bonds. The maximum absolute atomic E-state index is 12.5. The smallest absolute Gasteiger partial charge is 0.325 e. The minimum atomic E-state index is -0.251. The molecule has 0 radical (unpaired) electrons. The van der Waals surface area contributed by atoms with Crippen LogP contribution in [0.4, 0.5) is 6.01 Å². The van der Waals surface area contributed by atoms with Gasteiger partial charge in [0, 0.05) is 24.7 Å². The summed E-state index contributed by atoms with van der Waals surface area (Å²) in [5.74, 6) is 0.720. The number of piperazine rings is 1. The summed E-state index contributed by atoms with van der Waals surface area (Å²) in [7, 11) is 0. The Morgan fingerprint density at radius 1 is 1.23 bits per heavy atom. The van der Waals surface area contributed by atoms with E-state index >= 15 is 0 Å². The molecule has 2 fully saturated rings. The van der Waals surface area contributed by atoms with Crippen LogP contribution in [-0.2, 0) is 4.79 Å². The first-order chi connectivity index (χ1) is 10.7. The molecule has 6 nitrogen and oxygen atoms in total. The number of rotatable bonds is 2. The minimum Gasteiger partial charge on any atom is -0.336 e. The van der Waals surface area contributed by atoms with Crippen molar-refractivity contribution in [1.82, 2.24) is 15.0 Å². The summed E-state index contributed by atoms with van der Waals surface area (Å²) in [6, 6.07) is 10.2. The van der Waals surface area contributed by atoms with Crippen LogP contribution < -0.4 is 4.90 Å². The van der Waals surface area contributed by atoms with Crippen LogP contribution in [0.3, 0.4) is 0 Å². The van der Waals surface area contributed by atoms with Gasteiger partial charge >= 0.3 is 6.01 Å². The first-order valence-electron chi connectivity index (χ1n) is 7.70. The van der Waals surface area contributed by atoms with Gasteiger partial charge in [-0.05, 0) is 19.8 Å². The van der Waals surface area contributed by atoms with Crippen LogP contribution >= 0.6 is 0 Å². The molecule has 2 aromatic rings. The number of hydrogen-bond donors (Lipinski definition) is 0. The highest BCUT2D eigenvalue weighted by Gasteiger charge is 2.42. The van der Waals surface area contributed by atoms with Gasteiger partial charge in [-0.2, -0.15) is 4.98 Å². The Bertz CT molecular complexity index is 684. The Balaban J connectivity index is 1.62. The van der Waals surface area contributed by atoms with Gasteiger partial charge in [-0.3, -0.25) is 4.79 Å². The van der Waals surface area contributed by atoms with Crippen molar-refractivity contribution in [3.05, 3.63) is 30.3 Å². The zero-order valence-corrected chi connectivity index (χ0v) is 12.5. The average molecular weight is 298 g/mol. The van der Waals surface area contributed by atoms with Gasteiger partial charge < -0.3 is 14.3 Å².